The molecule has 1 aliphatic rings. The number of hydrogen-bond donors (Lipinski definition) is 1. The smallest absolute Gasteiger partial charge is 0.201 e. The molecule has 4 rings (SSSR count). The van der Waals surface area contributed by atoms with Gasteiger partial charge in [0.15, 0.2) is 16.8 Å². The predicted molar refractivity (Wildman–Crippen MR) is 126 cm³/mol. The number of benzene rings is 2. The lowest BCUT2D eigenvalue weighted by molar-refractivity contribution is -0.139. The van der Waals surface area contributed by atoms with Crippen LogP contribution in [0.2, 0.25) is 5.02 Å². The third-order valence-electron chi connectivity index (χ3n) is 5.97. The summed E-state index contributed by atoms with van der Waals surface area (Å²) in [5.41, 5.74) is 1.67. The minimum Gasteiger partial charge on any atom is -0.493 e. The summed E-state index contributed by atoms with van der Waals surface area (Å²) in [6, 6.07) is 12.0. The first kappa shape index (κ1) is 23.2. The van der Waals surface area contributed by atoms with Crippen LogP contribution in [-0.4, -0.2) is 29.4 Å². The lowest BCUT2D eigenvalue weighted by Gasteiger charge is -2.13. The van der Waals surface area contributed by atoms with E-state index in [4.69, 9.17) is 20.8 Å². The van der Waals surface area contributed by atoms with Crippen molar-refractivity contribution in [2.24, 2.45) is 5.92 Å². The van der Waals surface area contributed by atoms with E-state index in [9.17, 15) is 19.5 Å². The molecule has 1 unspecified atom stereocenters. The monoisotopic (exact) mass is 468 g/mol. The number of aliphatic hydroxyl groups is 1. The molecule has 1 saturated carbocycles. The number of para-hydroxylation sites is 1. The minimum atomic E-state index is -0.486. The van der Waals surface area contributed by atoms with Gasteiger partial charge in [-0.2, -0.15) is 0 Å². The summed E-state index contributed by atoms with van der Waals surface area (Å²) in [5, 5.41) is 10.3. The minimum absolute atomic E-state index is 0.0905. The van der Waals surface area contributed by atoms with Crippen LogP contribution >= 0.6 is 11.6 Å². The number of ketones is 2. The number of hydrogen-bond acceptors (Lipinski definition) is 6. The highest BCUT2D eigenvalue weighted by molar-refractivity contribution is 6.38. The second-order valence-corrected chi connectivity index (χ2v) is 8.90. The molecule has 0 aliphatic heterocycles. The molecule has 7 heteroatoms. The molecule has 0 radical (unpaired) electrons. The summed E-state index contributed by atoms with van der Waals surface area (Å²) in [6.45, 7) is 2.14. The molecule has 2 aromatic carbocycles. The maximum Gasteiger partial charge on any atom is 0.201 e. The summed E-state index contributed by atoms with van der Waals surface area (Å²) in [6.07, 6.45) is 1.48. The van der Waals surface area contributed by atoms with Gasteiger partial charge in [-0.25, -0.2) is 0 Å². The standard InChI is InChI=1S/C26H25ClO6/c1-15-7-10-19(24-14-22(30)18-4-2-5-20(27)26(18)33-24)23(12-15)32-11-3-6-21(29)25(31)16-8-9-17(28)13-16/h2,4-5,7,10,12,14,16-17,28H,3,6,8-9,11,13H2,1H3/t16?,17-/m0/s1. The molecule has 0 spiro atoms. The molecule has 0 bridgehead atoms. The topological polar surface area (TPSA) is 93.8 Å². The molecule has 1 heterocycles. The van der Waals surface area contributed by atoms with Crippen molar-refractivity contribution >= 4 is 34.1 Å². The van der Waals surface area contributed by atoms with E-state index >= 15 is 0 Å². The summed E-state index contributed by atoms with van der Waals surface area (Å²) in [4.78, 5) is 37.1. The molecule has 172 valence electrons. The van der Waals surface area contributed by atoms with Gasteiger partial charge in [0.05, 0.1) is 28.7 Å². The number of halogens is 1. The van der Waals surface area contributed by atoms with Crippen LogP contribution in [0.1, 0.15) is 37.7 Å². The molecule has 1 aromatic heterocycles. The van der Waals surface area contributed by atoms with Gasteiger partial charge < -0.3 is 14.3 Å². The average molecular weight is 469 g/mol. The van der Waals surface area contributed by atoms with Crippen LogP contribution in [-0.2, 0) is 9.59 Å². The number of fused-ring (bicyclic) bond motifs is 1. The Bertz CT molecular complexity index is 1260. The zero-order chi connectivity index (χ0) is 23.5. The lowest BCUT2D eigenvalue weighted by Crippen LogP contribution is -2.22. The Balaban J connectivity index is 1.47. The molecule has 0 saturated heterocycles. The Morgan fingerprint density at radius 3 is 2.76 bits per heavy atom. The Kier molecular flexibility index (Phi) is 6.96. The summed E-state index contributed by atoms with van der Waals surface area (Å²) < 4.78 is 11.9. The van der Waals surface area contributed by atoms with Gasteiger partial charge in [-0.1, -0.05) is 23.7 Å². The molecule has 1 fully saturated rings. The highest BCUT2D eigenvalue weighted by Gasteiger charge is 2.31. The Morgan fingerprint density at radius 1 is 1.18 bits per heavy atom. The van der Waals surface area contributed by atoms with E-state index in [1.54, 1.807) is 18.2 Å². The molecule has 2 atom stereocenters. The Morgan fingerprint density at radius 2 is 2.00 bits per heavy atom. The third-order valence-corrected chi connectivity index (χ3v) is 6.26. The molecule has 33 heavy (non-hydrogen) atoms. The van der Waals surface area contributed by atoms with Crippen molar-refractivity contribution in [1.29, 1.82) is 0 Å². The first-order valence-corrected chi connectivity index (χ1v) is 11.4. The van der Waals surface area contributed by atoms with Crippen LogP contribution in [0.4, 0.5) is 0 Å². The van der Waals surface area contributed by atoms with Gasteiger partial charge in [-0.05, 0) is 62.4 Å². The van der Waals surface area contributed by atoms with Crippen LogP contribution < -0.4 is 10.2 Å². The zero-order valence-electron chi connectivity index (χ0n) is 18.3. The van der Waals surface area contributed by atoms with Crippen molar-refractivity contribution in [3.05, 3.63) is 63.3 Å². The van der Waals surface area contributed by atoms with Crippen molar-refractivity contribution in [2.45, 2.75) is 45.1 Å². The molecule has 6 nitrogen and oxygen atoms in total. The second kappa shape index (κ2) is 9.89. The van der Waals surface area contributed by atoms with Crippen LogP contribution in [0, 0.1) is 12.8 Å². The number of carbonyl (C=O) groups is 2. The van der Waals surface area contributed by atoms with E-state index in [0.29, 0.717) is 58.7 Å². The molecule has 3 aromatic rings. The van der Waals surface area contributed by atoms with Crippen LogP contribution in [0.25, 0.3) is 22.3 Å². The SMILES string of the molecule is Cc1ccc(-c2cc(=O)c3cccc(Cl)c3o2)c(OCCCC(=O)C(=O)C2CC[C@H](O)C2)c1. The highest BCUT2D eigenvalue weighted by atomic mass is 35.5. The van der Waals surface area contributed by atoms with Gasteiger partial charge in [0.1, 0.15) is 11.5 Å². The number of rotatable bonds is 8. The maximum atomic E-state index is 12.6. The summed E-state index contributed by atoms with van der Waals surface area (Å²) in [7, 11) is 0. The third kappa shape index (κ3) is 5.18. The Hall–Kier alpha value is -2.96. The van der Waals surface area contributed by atoms with Gasteiger partial charge in [0.25, 0.3) is 0 Å². The van der Waals surface area contributed by atoms with Crippen molar-refractivity contribution in [3.63, 3.8) is 0 Å². The van der Waals surface area contributed by atoms with Gasteiger partial charge in [0, 0.05) is 18.4 Å². The number of carbonyl (C=O) groups excluding carboxylic acids is 2. The molecular weight excluding hydrogens is 444 g/mol. The highest BCUT2D eigenvalue weighted by Crippen LogP contribution is 2.33. The van der Waals surface area contributed by atoms with E-state index in [-0.39, 0.29) is 24.4 Å². The zero-order valence-corrected chi connectivity index (χ0v) is 19.1. The van der Waals surface area contributed by atoms with Gasteiger partial charge in [0.2, 0.25) is 5.78 Å². The fourth-order valence-corrected chi connectivity index (χ4v) is 4.40. The predicted octanol–water partition coefficient (Wildman–Crippen LogP) is 4.88. The molecular formula is C26H25ClO6. The number of Topliss-reactive ketones (excluding diaryl/α,β-unsaturated/α-hetero) is 2. The Labute approximate surface area is 196 Å². The molecule has 1 aliphatic carbocycles. The van der Waals surface area contributed by atoms with Crippen molar-refractivity contribution in [3.8, 4) is 17.1 Å². The van der Waals surface area contributed by atoms with Crippen molar-refractivity contribution in [1.82, 2.24) is 0 Å². The molecule has 1 N–H and O–H groups in total. The van der Waals surface area contributed by atoms with Crippen LogP contribution in [0.5, 0.6) is 5.75 Å². The molecule has 0 amide bonds. The second-order valence-electron chi connectivity index (χ2n) is 8.49. The lowest BCUT2D eigenvalue weighted by atomic mass is 9.97. The normalized spacial score (nSPS) is 17.9. The average Bonchev–Trinajstić information content (AvgIpc) is 3.23. The van der Waals surface area contributed by atoms with Crippen LogP contribution in [0.15, 0.2) is 51.7 Å². The fourth-order valence-electron chi connectivity index (χ4n) is 4.19. The van der Waals surface area contributed by atoms with E-state index in [0.717, 1.165) is 5.56 Å². The number of aliphatic hydroxyl groups excluding tert-OH is 1. The first-order chi connectivity index (χ1) is 15.8. The van der Waals surface area contributed by atoms with E-state index in [2.05, 4.69) is 0 Å². The van der Waals surface area contributed by atoms with Gasteiger partial charge >= 0.3 is 0 Å². The fraction of sp³-hybridized carbons (Fsp3) is 0.346. The van der Waals surface area contributed by atoms with E-state index < -0.39 is 17.7 Å². The summed E-state index contributed by atoms with van der Waals surface area (Å²) in [5.74, 6) is -0.321. The van der Waals surface area contributed by atoms with Crippen molar-refractivity contribution < 1.29 is 23.8 Å². The van der Waals surface area contributed by atoms with Gasteiger partial charge in [-0.3, -0.25) is 14.4 Å². The first-order valence-electron chi connectivity index (χ1n) is 11.0. The number of ether oxygens (including phenoxy) is 1. The van der Waals surface area contributed by atoms with Crippen molar-refractivity contribution in [2.75, 3.05) is 6.61 Å². The number of aryl methyl sites for hydroxylation is 1. The van der Waals surface area contributed by atoms with E-state index in [1.807, 2.05) is 25.1 Å². The van der Waals surface area contributed by atoms with Gasteiger partial charge in [-0.15, -0.1) is 0 Å². The van der Waals surface area contributed by atoms with Crippen LogP contribution in [0.3, 0.4) is 0 Å². The van der Waals surface area contributed by atoms with E-state index in [1.165, 1.54) is 6.07 Å². The largest absolute Gasteiger partial charge is 0.493 e. The maximum absolute atomic E-state index is 12.6. The summed E-state index contributed by atoms with van der Waals surface area (Å²) >= 11 is 6.23. The quantitative estimate of drug-likeness (QED) is 0.374.